The largest absolute Gasteiger partial charge is 0.371 e. The van der Waals surface area contributed by atoms with Gasteiger partial charge in [0.05, 0.1) is 16.7 Å². The molecule has 2 aromatic rings. The lowest BCUT2D eigenvalue weighted by atomic mass is 10.1. The number of nitrogens with one attached hydrogen (secondary N) is 1. The van der Waals surface area contributed by atoms with Gasteiger partial charge in [-0.05, 0) is 38.1 Å². The van der Waals surface area contributed by atoms with Gasteiger partial charge < -0.3 is 5.32 Å². The van der Waals surface area contributed by atoms with E-state index < -0.39 is 4.92 Å². The summed E-state index contributed by atoms with van der Waals surface area (Å²) in [6, 6.07) is 9.72. The Balaban J connectivity index is 2.31. The lowest BCUT2D eigenvalue weighted by Crippen LogP contribution is -2.10. The lowest BCUT2D eigenvalue weighted by molar-refractivity contribution is -0.384. The summed E-state index contributed by atoms with van der Waals surface area (Å²) in [5.74, 6) is -0.206. The van der Waals surface area contributed by atoms with Crippen LogP contribution < -0.4 is 5.32 Å². The maximum Gasteiger partial charge on any atom is 0.293 e. The first-order valence-electron chi connectivity index (χ1n) is 6.46. The van der Waals surface area contributed by atoms with Gasteiger partial charge in [-0.2, -0.15) is 0 Å². The van der Waals surface area contributed by atoms with Gasteiger partial charge in [0.15, 0.2) is 5.78 Å². The van der Waals surface area contributed by atoms with E-state index in [1.807, 2.05) is 19.1 Å². The first kappa shape index (κ1) is 14.6. The van der Waals surface area contributed by atoms with Gasteiger partial charge in [-0.25, -0.2) is 0 Å². The van der Waals surface area contributed by atoms with Crippen molar-refractivity contribution in [1.29, 1.82) is 0 Å². The molecule has 0 aliphatic rings. The molecule has 6 heteroatoms. The minimum absolute atomic E-state index is 0.120. The van der Waals surface area contributed by atoms with Crippen molar-refractivity contribution in [3.05, 3.63) is 64.0 Å². The summed E-state index contributed by atoms with van der Waals surface area (Å²) in [5.41, 5.74) is 1.34. The smallest absolute Gasteiger partial charge is 0.293 e. The molecular weight excluding hydrogens is 270 g/mol. The summed E-state index contributed by atoms with van der Waals surface area (Å²) >= 11 is 0. The Morgan fingerprint density at radius 1 is 1.33 bits per heavy atom. The van der Waals surface area contributed by atoms with Crippen LogP contribution in [0.15, 0.2) is 42.6 Å². The van der Waals surface area contributed by atoms with Crippen molar-refractivity contribution in [2.24, 2.45) is 0 Å². The summed E-state index contributed by atoms with van der Waals surface area (Å²) in [5, 5.41) is 14.2. The first-order chi connectivity index (χ1) is 9.99. The average molecular weight is 285 g/mol. The Morgan fingerprint density at radius 2 is 2.10 bits per heavy atom. The van der Waals surface area contributed by atoms with Crippen LogP contribution in [-0.2, 0) is 0 Å². The van der Waals surface area contributed by atoms with Gasteiger partial charge in [-0.3, -0.25) is 19.9 Å². The number of carbonyl (C=O) groups is 1. The van der Waals surface area contributed by atoms with E-state index in [1.54, 1.807) is 24.4 Å². The maximum atomic E-state index is 11.3. The molecule has 0 aliphatic carbocycles. The highest BCUT2D eigenvalue weighted by molar-refractivity contribution is 5.95. The van der Waals surface area contributed by atoms with Crippen molar-refractivity contribution < 1.29 is 9.72 Å². The van der Waals surface area contributed by atoms with Gasteiger partial charge in [-0.15, -0.1) is 0 Å². The van der Waals surface area contributed by atoms with Crippen molar-refractivity contribution in [3.8, 4) is 0 Å². The molecule has 0 bridgehead atoms. The standard InChI is InChI=1S/C15H15N3O3/c1-10(13-5-3-4-8-16-13)17-14-7-6-12(11(2)19)9-15(14)18(20)21/h3-10,17H,1-2H3. The molecule has 0 saturated carbocycles. The number of aromatic nitrogens is 1. The number of Topliss-reactive ketones (excluding diaryl/α,β-unsaturated/α-hetero) is 1. The van der Waals surface area contributed by atoms with E-state index in [0.717, 1.165) is 5.69 Å². The molecule has 0 radical (unpaired) electrons. The number of rotatable bonds is 5. The molecule has 0 amide bonds. The van der Waals surface area contributed by atoms with E-state index >= 15 is 0 Å². The summed E-state index contributed by atoms with van der Waals surface area (Å²) in [7, 11) is 0. The second kappa shape index (κ2) is 6.13. The van der Waals surface area contributed by atoms with Crippen molar-refractivity contribution >= 4 is 17.2 Å². The normalized spacial score (nSPS) is 11.7. The van der Waals surface area contributed by atoms with Crippen LogP contribution in [0.25, 0.3) is 0 Å². The monoisotopic (exact) mass is 285 g/mol. The van der Waals surface area contributed by atoms with Crippen LogP contribution in [0.5, 0.6) is 0 Å². The van der Waals surface area contributed by atoms with Crippen LogP contribution in [0.1, 0.15) is 35.9 Å². The minimum Gasteiger partial charge on any atom is -0.371 e. The predicted octanol–water partition coefficient (Wildman–Crippen LogP) is 3.37. The minimum atomic E-state index is -0.500. The quantitative estimate of drug-likeness (QED) is 0.517. The highest BCUT2D eigenvalue weighted by Gasteiger charge is 2.18. The van der Waals surface area contributed by atoms with Crippen LogP contribution in [0, 0.1) is 10.1 Å². The van der Waals surface area contributed by atoms with Gasteiger partial charge >= 0.3 is 0 Å². The fourth-order valence-electron chi connectivity index (χ4n) is 1.96. The topological polar surface area (TPSA) is 85.1 Å². The van der Waals surface area contributed by atoms with Crippen LogP contribution in [0.2, 0.25) is 0 Å². The van der Waals surface area contributed by atoms with E-state index in [2.05, 4.69) is 10.3 Å². The Hall–Kier alpha value is -2.76. The Bertz CT molecular complexity index is 671. The number of nitrogens with zero attached hydrogens (tertiary/aromatic N) is 2. The van der Waals surface area contributed by atoms with E-state index in [1.165, 1.54) is 13.0 Å². The van der Waals surface area contributed by atoms with Crippen LogP contribution >= 0.6 is 0 Å². The molecule has 1 aromatic heterocycles. The molecule has 2 rings (SSSR count). The van der Waals surface area contributed by atoms with E-state index in [9.17, 15) is 14.9 Å². The van der Waals surface area contributed by atoms with Crippen molar-refractivity contribution in [3.63, 3.8) is 0 Å². The second-order valence-electron chi connectivity index (χ2n) is 4.67. The molecule has 1 atom stereocenters. The zero-order chi connectivity index (χ0) is 15.4. The van der Waals surface area contributed by atoms with Crippen LogP contribution in [0.3, 0.4) is 0 Å². The molecule has 0 fully saturated rings. The molecule has 6 nitrogen and oxygen atoms in total. The van der Waals surface area contributed by atoms with Crippen LogP contribution in [0.4, 0.5) is 11.4 Å². The Kier molecular flexibility index (Phi) is 4.27. The molecule has 1 aromatic carbocycles. The maximum absolute atomic E-state index is 11.3. The SMILES string of the molecule is CC(=O)c1ccc(NC(C)c2ccccn2)c([N+](=O)[O-])c1. The summed E-state index contributed by atoms with van der Waals surface area (Å²) < 4.78 is 0. The average Bonchev–Trinajstić information content (AvgIpc) is 2.48. The van der Waals surface area contributed by atoms with E-state index in [0.29, 0.717) is 11.3 Å². The fourth-order valence-corrected chi connectivity index (χ4v) is 1.96. The molecule has 1 heterocycles. The highest BCUT2D eigenvalue weighted by atomic mass is 16.6. The van der Waals surface area contributed by atoms with Gasteiger partial charge in [0.25, 0.3) is 5.69 Å². The molecule has 0 aliphatic heterocycles. The lowest BCUT2D eigenvalue weighted by Gasteiger charge is -2.15. The van der Waals surface area contributed by atoms with Gasteiger partial charge in [-0.1, -0.05) is 6.07 Å². The molecular formula is C15H15N3O3. The number of nitro benzene ring substituents is 1. The first-order valence-corrected chi connectivity index (χ1v) is 6.46. The molecule has 21 heavy (non-hydrogen) atoms. The third-order valence-electron chi connectivity index (χ3n) is 3.10. The fraction of sp³-hybridized carbons (Fsp3) is 0.200. The second-order valence-corrected chi connectivity index (χ2v) is 4.67. The number of pyridine rings is 1. The van der Waals surface area contributed by atoms with E-state index in [4.69, 9.17) is 0 Å². The third-order valence-corrected chi connectivity index (χ3v) is 3.10. The molecule has 108 valence electrons. The molecule has 1 N–H and O–H groups in total. The Morgan fingerprint density at radius 3 is 2.67 bits per heavy atom. The van der Waals surface area contributed by atoms with Gasteiger partial charge in [0.1, 0.15) is 5.69 Å². The number of anilines is 1. The van der Waals surface area contributed by atoms with Crippen LogP contribution in [-0.4, -0.2) is 15.7 Å². The number of ketones is 1. The van der Waals surface area contributed by atoms with Gasteiger partial charge in [0.2, 0.25) is 0 Å². The number of carbonyl (C=O) groups excluding carboxylic acids is 1. The highest BCUT2D eigenvalue weighted by Crippen LogP contribution is 2.28. The summed E-state index contributed by atoms with van der Waals surface area (Å²) in [6.07, 6.45) is 1.67. The number of hydrogen-bond acceptors (Lipinski definition) is 5. The van der Waals surface area contributed by atoms with E-state index in [-0.39, 0.29) is 17.5 Å². The third kappa shape index (κ3) is 3.42. The summed E-state index contributed by atoms with van der Waals surface area (Å²) in [6.45, 7) is 3.24. The molecule has 1 unspecified atom stereocenters. The predicted molar refractivity (Wildman–Crippen MR) is 79.4 cm³/mol. The van der Waals surface area contributed by atoms with Gasteiger partial charge in [0, 0.05) is 17.8 Å². The Labute approximate surface area is 122 Å². The molecule has 0 saturated heterocycles. The zero-order valence-corrected chi connectivity index (χ0v) is 11.7. The van der Waals surface area contributed by atoms with Crippen molar-refractivity contribution in [2.75, 3.05) is 5.32 Å². The van der Waals surface area contributed by atoms with Crippen molar-refractivity contribution in [1.82, 2.24) is 4.98 Å². The number of benzene rings is 1. The summed E-state index contributed by atoms with van der Waals surface area (Å²) in [4.78, 5) is 26.2. The number of nitro groups is 1. The zero-order valence-electron chi connectivity index (χ0n) is 11.7. The van der Waals surface area contributed by atoms with Crippen molar-refractivity contribution in [2.45, 2.75) is 19.9 Å². The molecule has 0 spiro atoms. The number of hydrogen-bond donors (Lipinski definition) is 1.